The van der Waals surface area contributed by atoms with Crippen molar-refractivity contribution in [2.75, 3.05) is 19.7 Å². The van der Waals surface area contributed by atoms with Crippen molar-refractivity contribution in [1.29, 1.82) is 0 Å². The van der Waals surface area contributed by atoms with Gasteiger partial charge in [-0.1, -0.05) is 42.5 Å². The molecule has 1 atom stereocenters. The number of amides is 2. The van der Waals surface area contributed by atoms with Crippen molar-refractivity contribution >= 4 is 6.03 Å². The molecule has 2 aromatic rings. The predicted octanol–water partition coefficient (Wildman–Crippen LogP) is 3.78. The van der Waals surface area contributed by atoms with Crippen molar-refractivity contribution in [3.63, 3.8) is 0 Å². The molecule has 2 amide bonds. The molecule has 0 bridgehead atoms. The number of ether oxygens (including phenoxy) is 1. The fraction of sp³-hybridized carbons (Fsp3) is 0.435. The molecule has 0 radical (unpaired) electrons. The number of likely N-dealkylation sites (tertiary alicyclic amines) is 1. The summed E-state index contributed by atoms with van der Waals surface area (Å²) in [6.07, 6.45) is 2.78. The van der Waals surface area contributed by atoms with Gasteiger partial charge in [-0.15, -0.1) is 0 Å². The van der Waals surface area contributed by atoms with Gasteiger partial charge < -0.3 is 15.4 Å². The van der Waals surface area contributed by atoms with Gasteiger partial charge in [-0.3, -0.25) is 4.90 Å². The number of rotatable bonds is 4. The van der Waals surface area contributed by atoms with Gasteiger partial charge >= 0.3 is 6.03 Å². The Labute approximate surface area is 167 Å². The zero-order chi connectivity index (χ0) is 19.3. The second kappa shape index (κ2) is 8.65. The van der Waals surface area contributed by atoms with Crippen LogP contribution >= 0.6 is 0 Å². The lowest BCUT2D eigenvalue weighted by atomic mass is 10.0. The average molecular weight is 380 g/mol. The minimum absolute atomic E-state index is 0.0195. The Kier molecular flexibility index (Phi) is 5.81. The summed E-state index contributed by atoms with van der Waals surface area (Å²) in [5, 5.41) is 6.31. The van der Waals surface area contributed by atoms with E-state index in [1.54, 1.807) is 0 Å². The van der Waals surface area contributed by atoms with Gasteiger partial charge in [0.25, 0.3) is 0 Å². The highest BCUT2D eigenvalue weighted by atomic mass is 16.5. The number of aryl methyl sites for hydroxylation is 1. The van der Waals surface area contributed by atoms with Crippen LogP contribution in [-0.2, 0) is 6.54 Å². The summed E-state index contributed by atoms with van der Waals surface area (Å²) in [6, 6.07) is 16.7. The first-order chi connectivity index (χ1) is 13.7. The molecular weight excluding hydrogens is 350 g/mol. The number of carbonyl (C=O) groups excluding carboxylic acids is 1. The molecule has 148 valence electrons. The third-order valence-corrected chi connectivity index (χ3v) is 5.84. The summed E-state index contributed by atoms with van der Waals surface area (Å²) in [7, 11) is 0. The van der Waals surface area contributed by atoms with Crippen molar-refractivity contribution in [3.05, 3.63) is 65.2 Å². The van der Waals surface area contributed by atoms with E-state index in [0.717, 1.165) is 50.2 Å². The highest BCUT2D eigenvalue weighted by molar-refractivity contribution is 5.75. The number of nitrogens with zero attached hydrogens (tertiary/aromatic N) is 1. The van der Waals surface area contributed by atoms with Gasteiger partial charge in [-0.2, -0.15) is 0 Å². The van der Waals surface area contributed by atoms with Gasteiger partial charge in [0.15, 0.2) is 0 Å². The number of carbonyl (C=O) groups is 1. The molecule has 4 rings (SSSR count). The Balaban J connectivity index is 1.25. The van der Waals surface area contributed by atoms with E-state index in [1.807, 2.05) is 24.3 Å². The first-order valence-corrected chi connectivity index (χ1v) is 10.2. The van der Waals surface area contributed by atoms with Crippen LogP contribution in [0, 0.1) is 6.92 Å². The van der Waals surface area contributed by atoms with Crippen LogP contribution in [0.5, 0.6) is 5.75 Å². The van der Waals surface area contributed by atoms with Gasteiger partial charge in [0.2, 0.25) is 0 Å². The molecule has 2 aliphatic heterocycles. The van der Waals surface area contributed by atoms with Crippen LogP contribution < -0.4 is 15.4 Å². The molecule has 5 nitrogen and oxygen atoms in total. The standard InChI is InChI=1S/C23H29N3O2/c1-17-6-2-3-7-18(17)16-26-13-10-19(11-14-26)24-23(27)25-21-12-15-28-22-9-5-4-8-20(21)22/h2-9,19,21H,10-16H2,1H3,(H2,24,25,27). The predicted molar refractivity (Wildman–Crippen MR) is 110 cm³/mol. The zero-order valence-corrected chi connectivity index (χ0v) is 16.5. The van der Waals surface area contributed by atoms with E-state index < -0.39 is 0 Å². The number of fused-ring (bicyclic) bond motifs is 1. The van der Waals surface area contributed by atoms with E-state index in [2.05, 4.69) is 46.7 Å². The second-order valence-electron chi connectivity index (χ2n) is 7.82. The van der Waals surface area contributed by atoms with Gasteiger partial charge in [0.05, 0.1) is 12.6 Å². The van der Waals surface area contributed by atoms with Crippen LogP contribution in [0.2, 0.25) is 0 Å². The van der Waals surface area contributed by atoms with Crippen molar-refractivity contribution in [1.82, 2.24) is 15.5 Å². The summed E-state index contributed by atoms with van der Waals surface area (Å²) in [6.45, 7) is 5.82. The van der Waals surface area contributed by atoms with E-state index in [-0.39, 0.29) is 18.1 Å². The highest BCUT2D eigenvalue weighted by Crippen LogP contribution is 2.31. The van der Waals surface area contributed by atoms with Crippen LogP contribution in [-0.4, -0.2) is 36.7 Å². The van der Waals surface area contributed by atoms with Gasteiger partial charge in [0.1, 0.15) is 5.75 Å². The Morgan fingerprint density at radius 2 is 1.79 bits per heavy atom. The number of piperidine rings is 1. The third kappa shape index (κ3) is 4.47. The second-order valence-corrected chi connectivity index (χ2v) is 7.82. The molecule has 2 aromatic carbocycles. The summed E-state index contributed by atoms with van der Waals surface area (Å²) < 4.78 is 5.68. The Morgan fingerprint density at radius 1 is 1.04 bits per heavy atom. The largest absolute Gasteiger partial charge is 0.493 e. The number of para-hydroxylation sites is 1. The molecule has 1 unspecified atom stereocenters. The smallest absolute Gasteiger partial charge is 0.315 e. The maximum Gasteiger partial charge on any atom is 0.315 e. The first-order valence-electron chi connectivity index (χ1n) is 10.2. The SMILES string of the molecule is Cc1ccccc1CN1CCC(NC(=O)NC2CCOc3ccccc32)CC1. The fourth-order valence-electron chi connectivity index (χ4n) is 4.14. The lowest BCUT2D eigenvalue weighted by molar-refractivity contribution is 0.183. The topological polar surface area (TPSA) is 53.6 Å². The number of urea groups is 1. The Hall–Kier alpha value is -2.53. The monoisotopic (exact) mass is 379 g/mol. The van der Waals surface area contributed by atoms with Crippen molar-refractivity contribution in [2.45, 2.75) is 44.8 Å². The molecule has 2 N–H and O–H groups in total. The van der Waals surface area contributed by atoms with Gasteiger partial charge in [0, 0.05) is 37.7 Å². The quantitative estimate of drug-likeness (QED) is 0.850. The molecular formula is C23H29N3O2. The molecule has 1 fully saturated rings. The molecule has 2 aliphatic rings. The number of benzene rings is 2. The van der Waals surface area contributed by atoms with Crippen LogP contribution in [0.15, 0.2) is 48.5 Å². The van der Waals surface area contributed by atoms with E-state index in [0.29, 0.717) is 6.61 Å². The Bertz CT molecular complexity index is 815. The number of hydrogen-bond acceptors (Lipinski definition) is 3. The summed E-state index contributed by atoms with van der Waals surface area (Å²) >= 11 is 0. The van der Waals surface area contributed by atoms with Crippen LogP contribution in [0.1, 0.15) is 42.0 Å². The minimum Gasteiger partial charge on any atom is -0.493 e. The van der Waals surface area contributed by atoms with E-state index in [4.69, 9.17) is 4.74 Å². The fourth-order valence-corrected chi connectivity index (χ4v) is 4.14. The van der Waals surface area contributed by atoms with Crippen LogP contribution in [0.25, 0.3) is 0 Å². The first kappa shape index (κ1) is 18.8. The van der Waals surface area contributed by atoms with Crippen LogP contribution in [0.3, 0.4) is 0 Å². The lowest BCUT2D eigenvalue weighted by Gasteiger charge is -2.33. The molecule has 5 heteroatoms. The average Bonchev–Trinajstić information content (AvgIpc) is 2.71. The zero-order valence-electron chi connectivity index (χ0n) is 16.5. The van der Waals surface area contributed by atoms with E-state index in [1.165, 1.54) is 11.1 Å². The summed E-state index contributed by atoms with van der Waals surface area (Å²) in [5.74, 6) is 0.878. The van der Waals surface area contributed by atoms with Crippen LogP contribution in [0.4, 0.5) is 4.79 Å². The third-order valence-electron chi connectivity index (χ3n) is 5.84. The van der Waals surface area contributed by atoms with Crippen molar-refractivity contribution in [2.24, 2.45) is 0 Å². The Morgan fingerprint density at radius 3 is 2.61 bits per heavy atom. The molecule has 0 aliphatic carbocycles. The summed E-state index contributed by atoms with van der Waals surface area (Å²) in [4.78, 5) is 15.0. The molecule has 28 heavy (non-hydrogen) atoms. The summed E-state index contributed by atoms with van der Waals surface area (Å²) in [5.41, 5.74) is 3.81. The minimum atomic E-state index is -0.0703. The number of hydrogen-bond donors (Lipinski definition) is 2. The molecule has 1 saturated heterocycles. The van der Waals surface area contributed by atoms with Gasteiger partial charge in [-0.25, -0.2) is 4.79 Å². The molecule has 2 heterocycles. The molecule has 0 saturated carbocycles. The highest BCUT2D eigenvalue weighted by Gasteiger charge is 2.25. The normalized spacial score (nSPS) is 20.1. The van der Waals surface area contributed by atoms with E-state index >= 15 is 0 Å². The molecule has 0 spiro atoms. The maximum atomic E-state index is 12.5. The molecule has 0 aromatic heterocycles. The van der Waals surface area contributed by atoms with Gasteiger partial charge in [-0.05, 0) is 37.0 Å². The lowest BCUT2D eigenvalue weighted by Crippen LogP contribution is -2.48. The maximum absolute atomic E-state index is 12.5. The van der Waals surface area contributed by atoms with Crippen molar-refractivity contribution < 1.29 is 9.53 Å². The van der Waals surface area contributed by atoms with Crippen molar-refractivity contribution in [3.8, 4) is 5.75 Å². The number of nitrogens with one attached hydrogen (secondary N) is 2. The van der Waals surface area contributed by atoms with E-state index in [9.17, 15) is 4.79 Å².